The van der Waals surface area contributed by atoms with Crippen LogP contribution in [0.3, 0.4) is 0 Å². The molecule has 0 aliphatic carbocycles. The van der Waals surface area contributed by atoms with Crippen molar-refractivity contribution in [2.75, 3.05) is 25.1 Å². The molecule has 3 nitrogen and oxygen atoms in total. The van der Waals surface area contributed by atoms with Crippen LogP contribution >= 0.6 is 0 Å². The SMILES string of the molecule is CCN(CC)c1ccc(/C=C(/C#N)c2cccc(F)c2)c(OC)c1. The largest absolute Gasteiger partial charge is 0.496 e. The van der Waals surface area contributed by atoms with Crippen LogP contribution < -0.4 is 9.64 Å². The summed E-state index contributed by atoms with van der Waals surface area (Å²) in [6.07, 6.45) is 1.72. The lowest BCUT2D eigenvalue weighted by Crippen LogP contribution is -2.21. The summed E-state index contributed by atoms with van der Waals surface area (Å²) < 4.78 is 18.9. The standard InChI is InChI=1S/C20H21FN2O/c1-4-23(5-2)19-10-9-16(20(13-19)24-3)11-17(14-22)15-7-6-8-18(21)12-15/h6-13H,4-5H2,1-3H3/b17-11-. The Kier molecular flexibility index (Phi) is 5.97. The summed E-state index contributed by atoms with van der Waals surface area (Å²) >= 11 is 0. The van der Waals surface area contributed by atoms with Gasteiger partial charge in [-0.2, -0.15) is 5.26 Å². The molecular weight excluding hydrogens is 303 g/mol. The smallest absolute Gasteiger partial charge is 0.128 e. The maximum Gasteiger partial charge on any atom is 0.128 e. The predicted octanol–water partition coefficient (Wildman–Crippen LogP) is 4.74. The van der Waals surface area contributed by atoms with Gasteiger partial charge in [-0.15, -0.1) is 0 Å². The highest BCUT2D eigenvalue weighted by Gasteiger charge is 2.09. The molecule has 0 heterocycles. The van der Waals surface area contributed by atoms with Gasteiger partial charge in [0.15, 0.2) is 0 Å². The molecule has 4 heteroatoms. The number of ether oxygens (including phenoxy) is 1. The average Bonchev–Trinajstić information content (AvgIpc) is 2.61. The Balaban J connectivity index is 2.45. The molecule has 0 N–H and O–H groups in total. The van der Waals surface area contributed by atoms with Crippen LogP contribution in [0.1, 0.15) is 25.0 Å². The summed E-state index contributed by atoms with van der Waals surface area (Å²) in [5.41, 5.74) is 2.79. The molecule has 2 rings (SSSR count). The Morgan fingerprint density at radius 2 is 1.96 bits per heavy atom. The molecule has 2 aromatic carbocycles. The van der Waals surface area contributed by atoms with Gasteiger partial charge in [0.25, 0.3) is 0 Å². The van der Waals surface area contributed by atoms with Gasteiger partial charge in [-0.3, -0.25) is 0 Å². The first-order chi connectivity index (χ1) is 11.6. The maximum absolute atomic E-state index is 13.4. The van der Waals surface area contributed by atoms with Crippen LogP contribution in [0.15, 0.2) is 42.5 Å². The maximum atomic E-state index is 13.4. The van der Waals surface area contributed by atoms with Gasteiger partial charge >= 0.3 is 0 Å². The second-order valence-electron chi connectivity index (χ2n) is 5.28. The van der Waals surface area contributed by atoms with Gasteiger partial charge in [0, 0.05) is 30.4 Å². The van der Waals surface area contributed by atoms with Crippen LogP contribution in [-0.4, -0.2) is 20.2 Å². The van der Waals surface area contributed by atoms with E-state index in [-0.39, 0.29) is 5.82 Å². The third-order valence-electron chi connectivity index (χ3n) is 3.90. The van der Waals surface area contributed by atoms with Gasteiger partial charge in [-0.05, 0) is 49.8 Å². The molecule has 0 aliphatic heterocycles. The van der Waals surface area contributed by atoms with Crippen LogP contribution in [-0.2, 0) is 0 Å². The van der Waals surface area contributed by atoms with Crippen molar-refractivity contribution in [2.45, 2.75) is 13.8 Å². The monoisotopic (exact) mass is 324 g/mol. The molecule has 0 radical (unpaired) electrons. The van der Waals surface area contributed by atoms with Crippen LogP contribution in [0, 0.1) is 17.1 Å². The Labute approximate surface area is 142 Å². The first-order valence-electron chi connectivity index (χ1n) is 7.93. The quantitative estimate of drug-likeness (QED) is 0.568. The summed E-state index contributed by atoms with van der Waals surface area (Å²) in [4.78, 5) is 2.22. The van der Waals surface area contributed by atoms with E-state index in [1.165, 1.54) is 12.1 Å². The highest BCUT2D eigenvalue weighted by Crippen LogP contribution is 2.29. The van der Waals surface area contributed by atoms with E-state index >= 15 is 0 Å². The summed E-state index contributed by atoms with van der Waals surface area (Å²) in [6.45, 7) is 6.01. The molecule has 0 bridgehead atoms. The predicted molar refractivity (Wildman–Crippen MR) is 96.4 cm³/mol. The number of hydrogen-bond donors (Lipinski definition) is 0. The average molecular weight is 324 g/mol. The molecule has 0 saturated carbocycles. The normalized spacial score (nSPS) is 11.0. The van der Waals surface area contributed by atoms with Crippen molar-refractivity contribution in [3.63, 3.8) is 0 Å². The highest BCUT2D eigenvalue weighted by atomic mass is 19.1. The summed E-state index contributed by atoms with van der Waals surface area (Å²) in [5, 5.41) is 9.42. The molecule has 0 unspecified atom stereocenters. The molecule has 24 heavy (non-hydrogen) atoms. The Morgan fingerprint density at radius 3 is 2.54 bits per heavy atom. The van der Waals surface area contributed by atoms with E-state index in [1.54, 1.807) is 25.3 Å². The van der Waals surface area contributed by atoms with Crippen molar-refractivity contribution in [1.82, 2.24) is 0 Å². The third-order valence-corrected chi connectivity index (χ3v) is 3.90. The minimum absolute atomic E-state index is 0.363. The van der Waals surface area contributed by atoms with Crippen molar-refractivity contribution >= 4 is 17.3 Å². The van der Waals surface area contributed by atoms with E-state index in [2.05, 4.69) is 24.8 Å². The number of anilines is 1. The van der Waals surface area contributed by atoms with E-state index in [4.69, 9.17) is 4.74 Å². The van der Waals surface area contributed by atoms with E-state index in [1.807, 2.05) is 18.2 Å². The lowest BCUT2D eigenvalue weighted by molar-refractivity contribution is 0.414. The molecule has 0 amide bonds. The van der Waals surface area contributed by atoms with Crippen molar-refractivity contribution in [1.29, 1.82) is 5.26 Å². The minimum Gasteiger partial charge on any atom is -0.496 e. The Morgan fingerprint density at radius 1 is 1.21 bits per heavy atom. The van der Waals surface area contributed by atoms with E-state index < -0.39 is 0 Å². The molecule has 0 aliphatic rings. The van der Waals surface area contributed by atoms with Crippen LogP contribution in [0.25, 0.3) is 11.6 Å². The lowest BCUT2D eigenvalue weighted by Gasteiger charge is -2.22. The van der Waals surface area contributed by atoms with Crippen molar-refractivity contribution < 1.29 is 9.13 Å². The minimum atomic E-state index is -0.363. The number of nitrogens with zero attached hydrogens (tertiary/aromatic N) is 2. The summed E-state index contributed by atoms with van der Waals surface area (Å²) in [5.74, 6) is 0.320. The summed E-state index contributed by atoms with van der Waals surface area (Å²) in [6, 6.07) is 14.0. The van der Waals surface area contributed by atoms with Gasteiger partial charge in [0.2, 0.25) is 0 Å². The van der Waals surface area contributed by atoms with Crippen molar-refractivity contribution in [3.05, 3.63) is 59.4 Å². The van der Waals surface area contributed by atoms with Gasteiger partial charge in [-0.1, -0.05) is 12.1 Å². The zero-order chi connectivity index (χ0) is 17.5. The fourth-order valence-corrected chi connectivity index (χ4v) is 2.60. The molecule has 0 aromatic heterocycles. The number of nitriles is 1. The van der Waals surface area contributed by atoms with E-state index in [0.717, 1.165) is 24.3 Å². The lowest BCUT2D eigenvalue weighted by atomic mass is 10.0. The van der Waals surface area contributed by atoms with Gasteiger partial charge < -0.3 is 9.64 Å². The van der Waals surface area contributed by atoms with Gasteiger partial charge in [-0.25, -0.2) is 4.39 Å². The Hall–Kier alpha value is -2.80. The first kappa shape index (κ1) is 17.6. The molecule has 0 spiro atoms. The fraction of sp³-hybridized carbons (Fsp3) is 0.250. The van der Waals surface area contributed by atoms with E-state index in [9.17, 15) is 9.65 Å². The zero-order valence-electron chi connectivity index (χ0n) is 14.2. The number of allylic oxidation sites excluding steroid dienone is 1. The molecule has 0 fully saturated rings. The van der Waals surface area contributed by atoms with Gasteiger partial charge in [0.1, 0.15) is 11.6 Å². The van der Waals surface area contributed by atoms with Crippen LogP contribution in [0.4, 0.5) is 10.1 Å². The van der Waals surface area contributed by atoms with E-state index in [0.29, 0.717) is 16.9 Å². The van der Waals surface area contributed by atoms with Gasteiger partial charge in [0.05, 0.1) is 18.8 Å². The number of benzene rings is 2. The number of halogens is 1. The molecule has 124 valence electrons. The van der Waals surface area contributed by atoms with Crippen LogP contribution in [0.2, 0.25) is 0 Å². The zero-order valence-corrected chi connectivity index (χ0v) is 14.2. The third kappa shape index (κ3) is 3.94. The second-order valence-corrected chi connectivity index (χ2v) is 5.28. The fourth-order valence-electron chi connectivity index (χ4n) is 2.60. The molecule has 0 saturated heterocycles. The van der Waals surface area contributed by atoms with Crippen molar-refractivity contribution in [2.24, 2.45) is 0 Å². The number of rotatable bonds is 6. The summed E-state index contributed by atoms with van der Waals surface area (Å²) in [7, 11) is 1.60. The Bertz CT molecular complexity index is 773. The number of methoxy groups -OCH3 is 1. The first-order valence-corrected chi connectivity index (χ1v) is 7.93. The van der Waals surface area contributed by atoms with Crippen molar-refractivity contribution in [3.8, 4) is 11.8 Å². The number of hydrogen-bond acceptors (Lipinski definition) is 3. The second kappa shape index (κ2) is 8.16. The topological polar surface area (TPSA) is 36.3 Å². The highest BCUT2D eigenvalue weighted by molar-refractivity contribution is 5.90. The molecule has 2 aromatic rings. The molecule has 0 atom stereocenters. The molecular formula is C20H21FN2O. The van der Waals surface area contributed by atoms with Crippen LogP contribution in [0.5, 0.6) is 5.75 Å².